The Morgan fingerprint density at radius 1 is 1.26 bits per heavy atom. The van der Waals surface area contributed by atoms with Crippen molar-refractivity contribution in [3.63, 3.8) is 0 Å². The number of hydrogen-bond donors (Lipinski definition) is 3. The van der Waals surface area contributed by atoms with Crippen molar-refractivity contribution in [2.45, 2.75) is 48.9 Å². The monoisotopic (exact) mass is 480 g/mol. The number of methoxy groups -OCH3 is 1. The maximum atomic E-state index is 11.6. The number of nitrogens with two attached hydrogens (primary N) is 1. The van der Waals surface area contributed by atoms with E-state index >= 15 is 0 Å². The van der Waals surface area contributed by atoms with Gasteiger partial charge in [-0.05, 0) is 49.1 Å². The van der Waals surface area contributed by atoms with Crippen LogP contribution in [0.4, 0.5) is 5.82 Å². The first-order chi connectivity index (χ1) is 16.6. The smallest absolute Gasteiger partial charge is 0.235 e. The molecule has 5 heterocycles. The molecule has 0 bridgehead atoms. The van der Waals surface area contributed by atoms with Gasteiger partial charge in [0.15, 0.2) is 0 Å². The topological polar surface area (TPSA) is 124 Å². The normalized spacial score (nSPS) is 21.1. The van der Waals surface area contributed by atoms with Gasteiger partial charge >= 0.3 is 0 Å². The lowest BCUT2D eigenvalue weighted by atomic mass is 9.95. The van der Waals surface area contributed by atoms with E-state index in [9.17, 15) is 4.79 Å². The summed E-state index contributed by atoms with van der Waals surface area (Å²) in [6.45, 7) is 1.22. The van der Waals surface area contributed by atoms with Crippen molar-refractivity contribution in [3.8, 4) is 5.88 Å². The third-order valence-electron chi connectivity index (χ3n) is 6.20. The van der Waals surface area contributed by atoms with E-state index in [0.29, 0.717) is 37.0 Å². The molecule has 2 aliphatic rings. The molecule has 4 N–H and O–H groups in total. The first-order valence-corrected chi connectivity index (χ1v) is 12.4. The molecule has 5 rings (SSSR count). The molecule has 1 saturated heterocycles. The van der Waals surface area contributed by atoms with Gasteiger partial charge < -0.3 is 25.8 Å². The van der Waals surface area contributed by atoms with Gasteiger partial charge in [-0.3, -0.25) is 9.78 Å². The SMILES string of the molecule is COc1ccc2nccc(C[C@H](N)[C@H]3CC[C@H](NCc4ccc5c(n4)NC(=O)CS5)CO3)c2n1. The minimum absolute atomic E-state index is 0.00662. The Kier molecular flexibility index (Phi) is 6.91. The van der Waals surface area contributed by atoms with Crippen LogP contribution in [0, 0.1) is 0 Å². The molecule has 0 aliphatic carbocycles. The highest BCUT2D eigenvalue weighted by atomic mass is 32.2. The number of amides is 1. The molecule has 9 nitrogen and oxygen atoms in total. The Labute approximate surface area is 202 Å². The van der Waals surface area contributed by atoms with Crippen molar-refractivity contribution >= 4 is 34.5 Å². The number of carbonyl (C=O) groups excluding carboxylic acids is 1. The van der Waals surface area contributed by atoms with Gasteiger partial charge in [0.2, 0.25) is 11.8 Å². The molecule has 3 aromatic heterocycles. The van der Waals surface area contributed by atoms with Gasteiger partial charge in [0.1, 0.15) is 5.82 Å². The lowest BCUT2D eigenvalue weighted by Gasteiger charge is -2.33. The second-order valence-electron chi connectivity index (χ2n) is 8.57. The molecule has 2 aliphatic heterocycles. The van der Waals surface area contributed by atoms with E-state index in [4.69, 9.17) is 15.2 Å². The van der Waals surface area contributed by atoms with Gasteiger partial charge in [-0.1, -0.05) is 0 Å². The van der Waals surface area contributed by atoms with Gasteiger partial charge in [0, 0.05) is 30.9 Å². The average Bonchev–Trinajstić information content (AvgIpc) is 2.87. The highest BCUT2D eigenvalue weighted by Gasteiger charge is 2.27. The van der Waals surface area contributed by atoms with Crippen molar-refractivity contribution in [2.75, 3.05) is 24.8 Å². The van der Waals surface area contributed by atoms with Crippen LogP contribution < -0.4 is 21.1 Å². The second kappa shape index (κ2) is 10.2. The predicted octanol–water partition coefficient (Wildman–Crippen LogP) is 2.28. The minimum atomic E-state index is -0.136. The minimum Gasteiger partial charge on any atom is -0.481 e. The summed E-state index contributed by atoms with van der Waals surface area (Å²) < 4.78 is 11.4. The number of nitrogens with zero attached hydrogens (tertiary/aromatic N) is 3. The van der Waals surface area contributed by atoms with Gasteiger partial charge in [0.25, 0.3) is 0 Å². The number of anilines is 1. The number of thioether (sulfide) groups is 1. The summed E-state index contributed by atoms with van der Waals surface area (Å²) >= 11 is 1.52. The van der Waals surface area contributed by atoms with E-state index < -0.39 is 0 Å². The molecule has 178 valence electrons. The van der Waals surface area contributed by atoms with Crippen LogP contribution in [0.5, 0.6) is 5.88 Å². The Morgan fingerprint density at radius 2 is 2.18 bits per heavy atom. The summed E-state index contributed by atoms with van der Waals surface area (Å²) in [5.41, 5.74) is 10.1. The number of rotatable bonds is 7. The van der Waals surface area contributed by atoms with Crippen LogP contribution in [0.25, 0.3) is 11.0 Å². The number of carbonyl (C=O) groups is 1. The molecule has 3 atom stereocenters. The van der Waals surface area contributed by atoms with E-state index in [1.54, 1.807) is 13.3 Å². The zero-order valence-corrected chi connectivity index (χ0v) is 19.8. The Balaban J connectivity index is 1.14. The quantitative estimate of drug-likeness (QED) is 0.467. The molecule has 10 heteroatoms. The molecule has 0 spiro atoms. The maximum absolute atomic E-state index is 11.6. The van der Waals surface area contributed by atoms with E-state index in [1.165, 1.54) is 11.8 Å². The molecule has 0 unspecified atom stereocenters. The number of fused-ring (bicyclic) bond motifs is 2. The fourth-order valence-electron chi connectivity index (χ4n) is 4.35. The molecule has 3 aromatic rings. The molecule has 34 heavy (non-hydrogen) atoms. The summed E-state index contributed by atoms with van der Waals surface area (Å²) in [7, 11) is 1.61. The van der Waals surface area contributed by atoms with Gasteiger partial charge in [-0.15, -0.1) is 11.8 Å². The van der Waals surface area contributed by atoms with Gasteiger partial charge in [0.05, 0.1) is 47.2 Å². The molecule has 1 fully saturated rings. The standard InChI is InChI=1S/C24H28N6O3S/c1-32-22-7-4-18-23(30-22)14(8-9-26-18)10-17(25)19-5-2-16(12-33-19)27-11-15-3-6-20-24(28-15)29-21(31)13-34-20/h3-4,6-9,16-17,19,27H,2,5,10-13,25H2,1H3,(H,28,29,31)/t16-,17-,19+/m0/s1. The van der Waals surface area contributed by atoms with E-state index in [2.05, 4.69) is 25.6 Å². The van der Waals surface area contributed by atoms with Crippen LogP contribution in [0.3, 0.4) is 0 Å². The molecule has 0 aromatic carbocycles. The molecule has 0 radical (unpaired) electrons. The van der Waals surface area contributed by atoms with Crippen LogP contribution in [0.2, 0.25) is 0 Å². The highest BCUT2D eigenvalue weighted by molar-refractivity contribution is 8.00. The highest BCUT2D eigenvalue weighted by Crippen LogP contribution is 2.29. The maximum Gasteiger partial charge on any atom is 0.235 e. The fraction of sp³-hybridized carbons (Fsp3) is 0.417. The van der Waals surface area contributed by atoms with Crippen LogP contribution in [0.15, 0.2) is 41.4 Å². The molecule has 0 saturated carbocycles. The molecular formula is C24H28N6O3S. The first kappa shape index (κ1) is 23.0. The summed E-state index contributed by atoms with van der Waals surface area (Å²) in [5, 5.41) is 6.36. The summed E-state index contributed by atoms with van der Waals surface area (Å²) in [4.78, 5) is 26.2. The number of ether oxygens (including phenoxy) is 2. The Morgan fingerprint density at radius 3 is 3.00 bits per heavy atom. The second-order valence-corrected chi connectivity index (χ2v) is 9.59. The van der Waals surface area contributed by atoms with E-state index in [0.717, 1.165) is 40.0 Å². The summed E-state index contributed by atoms with van der Waals surface area (Å²) in [6, 6.07) is 9.80. The zero-order valence-electron chi connectivity index (χ0n) is 19.0. The lowest BCUT2D eigenvalue weighted by molar-refractivity contribution is -0.113. The Bertz CT molecular complexity index is 1180. The number of pyridine rings is 3. The third kappa shape index (κ3) is 5.15. The number of hydrogen-bond acceptors (Lipinski definition) is 9. The number of nitrogens with one attached hydrogen (secondary N) is 2. The van der Waals surface area contributed by atoms with E-state index in [1.807, 2.05) is 30.3 Å². The van der Waals surface area contributed by atoms with Crippen LogP contribution in [0.1, 0.15) is 24.1 Å². The predicted molar refractivity (Wildman–Crippen MR) is 131 cm³/mol. The zero-order chi connectivity index (χ0) is 23.5. The first-order valence-electron chi connectivity index (χ1n) is 11.4. The van der Waals surface area contributed by atoms with Crippen molar-refractivity contribution in [1.29, 1.82) is 0 Å². The lowest BCUT2D eigenvalue weighted by Crippen LogP contribution is -2.47. The van der Waals surface area contributed by atoms with Crippen molar-refractivity contribution in [1.82, 2.24) is 20.3 Å². The molecular weight excluding hydrogens is 452 g/mol. The molecule has 1 amide bonds. The van der Waals surface area contributed by atoms with E-state index in [-0.39, 0.29) is 24.1 Å². The summed E-state index contributed by atoms with van der Waals surface area (Å²) in [6.07, 6.45) is 4.28. The summed E-state index contributed by atoms with van der Waals surface area (Å²) in [5.74, 6) is 1.65. The third-order valence-corrected chi connectivity index (χ3v) is 7.25. The Hall–Kier alpha value is -2.79. The van der Waals surface area contributed by atoms with Crippen LogP contribution in [-0.4, -0.2) is 58.5 Å². The number of aromatic nitrogens is 3. The van der Waals surface area contributed by atoms with Crippen LogP contribution >= 0.6 is 11.8 Å². The van der Waals surface area contributed by atoms with Crippen molar-refractivity contribution in [2.24, 2.45) is 5.73 Å². The van der Waals surface area contributed by atoms with Crippen LogP contribution in [-0.2, 0) is 22.5 Å². The van der Waals surface area contributed by atoms with Gasteiger partial charge in [-0.2, -0.15) is 0 Å². The van der Waals surface area contributed by atoms with Gasteiger partial charge in [-0.25, -0.2) is 9.97 Å². The largest absolute Gasteiger partial charge is 0.481 e. The van der Waals surface area contributed by atoms with Crippen molar-refractivity contribution in [3.05, 3.63) is 47.8 Å². The average molecular weight is 481 g/mol. The van der Waals surface area contributed by atoms with Crippen molar-refractivity contribution < 1.29 is 14.3 Å². The fourth-order valence-corrected chi connectivity index (χ4v) is 5.10.